The summed E-state index contributed by atoms with van der Waals surface area (Å²) in [7, 11) is 0. The number of fused-ring (bicyclic) bond motifs is 6. The summed E-state index contributed by atoms with van der Waals surface area (Å²) in [6.07, 6.45) is 0. The number of furan rings is 1. The highest BCUT2D eigenvalue weighted by atomic mass is 32.1. The first kappa shape index (κ1) is 42.8. The Balaban J connectivity index is 0.000000303. The van der Waals surface area contributed by atoms with Gasteiger partial charge >= 0.3 is 0 Å². The summed E-state index contributed by atoms with van der Waals surface area (Å²) in [5, 5.41) is 4.85. The SMILES string of the molecule is CC#CC#CC#CC#CC#CC#CC#CC.c1ccc(-c2ccc(N(c3ccc(-c4cccc5c4oc4ccccc45)c(-c4ccccc4)c3)c3ccc4c(c3)sc3ccccc34)cc2)cc1. The third-order valence-electron chi connectivity index (χ3n) is 10.8. The second-order valence-electron chi connectivity index (χ2n) is 14.9. The predicted molar refractivity (Wildman–Crippen MR) is 283 cm³/mol. The first-order chi connectivity index (χ1) is 33.2. The first-order valence-electron chi connectivity index (χ1n) is 21.5. The molecule has 0 saturated heterocycles. The Morgan fingerprint density at radius 1 is 0.343 bits per heavy atom. The fraction of sp³-hybridized carbons (Fsp3) is 0.0312. The van der Waals surface area contributed by atoms with Crippen LogP contribution in [-0.4, -0.2) is 0 Å². The predicted octanol–water partition coefficient (Wildman–Crippen LogP) is 15.5. The molecule has 0 aliphatic rings. The third-order valence-corrected chi connectivity index (χ3v) is 12.0. The molecule has 67 heavy (non-hydrogen) atoms. The van der Waals surface area contributed by atoms with Gasteiger partial charge in [0.2, 0.25) is 0 Å². The number of benzene rings is 8. The Hall–Kier alpha value is -9.50. The summed E-state index contributed by atoms with van der Waals surface area (Å²) >= 11 is 1.85. The minimum Gasteiger partial charge on any atom is -0.455 e. The van der Waals surface area contributed by atoms with Crippen molar-refractivity contribution < 1.29 is 4.42 Å². The van der Waals surface area contributed by atoms with Crippen molar-refractivity contribution in [1.82, 2.24) is 0 Å². The lowest BCUT2D eigenvalue weighted by Crippen LogP contribution is -2.10. The largest absolute Gasteiger partial charge is 0.455 e. The van der Waals surface area contributed by atoms with E-state index in [1.54, 1.807) is 13.8 Å². The zero-order chi connectivity index (χ0) is 45.6. The fourth-order valence-corrected chi connectivity index (χ4v) is 9.03. The highest BCUT2D eigenvalue weighted by Crippen LogP contribution is 2.45. The molecule has 0 bridgehead atoms. The molecule has 0 fully saturated rings. The van der Waals surface area contributed by atoms with Crippen LogP contribution in [0.1, 0.15) is 13.8 Å². The van der Waals surface area contributed by atoms with Crippen LogP contribution in [0.2, 0.25) is 0 Å². The molecule has 0 unspecified atom stereocenters. The molecule has 0 aliphatic carbocycles. The number of rotatable bonds is 6. The van der Waals surface area contributed by atoms with E-state index >= 15 is 0 Å². The van der Waals surface area contributed by atoms with E-state index in [1.807, 2.05) is 17.4 Å². The number of hydrogen-bond acceptors (Lipinski definition) is 3. The first-order valence-corrected chi connectivity index (χ1v) is 22.3. The van der Waals surface area contributed by atoms with Gasteiger partial charge < -0.3 is 9.32 Å². The van der Waals surface area contributed by atoms with Gasteiger partial charge in [-0.25, -0.2) is 0 Å². The minimum absolute atomic E-state index is 0.902. The highest BCUT2D eigenvalue weighted by Gasteiger charge is 2.20. The zero-order valence-electron chi connectivity index (χ0n) is 36.7. The van der Waals surface area contributed by atoms with Crippen molar-refractivity contribution in [2.24, 2.45) is 0 Å². The van der Waals surface area contributed by atoms with Gasteiger partial charge in [0.05, 0.1) is 0 Å². The smallest absolute Gasteiger partial charge is 0.143 e. The maximum Gasteiger partial charge on any atom is 0.143 e. The van der Waals surface area contributed by atoms with Gasteiger partial charge in [-0.3, -0.25) is 0 Å². The molecule has 0 aliphatic heterocycles. The molecule has 0 atom stereocenters. The van der Waals surface area contributed by atoms with Crippen molar-refractivity contribution in [2.75, 3.05) is 4.90 Å². The summed E-state index contributed by atoms with van der Waals surface area (Å²) < 4.78 is 9.13. The maximum atomic E-state index is 6.55. The molecule has 10 rings (SSSR count). The van der Waals surface area contributed by atoms with E-state index in [0.717, 1.165) is 61.3 Å². The molecule has 2 nitrogen and oxygen atoms in total. The molecule has 8 aromatic carbocycles. The lowest BCUT2D eigenvalue weighted by atomic mass is 9.92. The lowest BCUT2D eigenvalue weighted by molar-refractivity contribution is 0.670. The van der Waals surface area contributed by atoms with E-state index in [9.17, 15) is 0 Å². The molecule has 3 heteroatoms. The summed E-state index contributed by atoms with van der Waals surface area (Å²) in [5.74, 6) is 35.6. The van der Waals surface area contributed by atoms with Gasteiger partial charge in [-0.2, -0.15) is 0 Å². The Morgan fingerprint density at radius 2 is 0.851 bits per heavy atom. The standard InChI is InChI=1S/C48H31NOS.C16H6/c1-3-12-32(13-4-1)33-22-24-35(25-23-33)49(37-27-29-41-40-17-8-10-21-46(40)51-47(41)31-37)36-26-28-38(44(30-36)34-14-5-2-6-15-34)42-18-11-19-43-39-16-7-9-20-45(39)50-48(42)43;1-3-5-7-9-11-13-15-16-14-12-10-8-6-4-2/h1-31H;1-2H3. The van der Waals surface area contributed by atoms with E-state index in [0.29, 0.717) is 0 Å². The quantitative estimate of drug-likeness (QED) is 0.155. The molecule has 0 spiro atoms. The molecule has 0 amide bonds. The highest BCUT2D eigenvalue weighted by molar-refractivity contribution is 7.25. The fourth-order valence-electron chi connectivity index (χ4n) is 7.89. The van der Waals surface area contributed by atoms with Crippen molar-refractivity contribution in [3.8, 4) is 116 Å². The molecule has 310 valence electrons. The molecule has 2 aromatic heterocycles. The Bertz CT molecular complexity index is 3860. The van der Waals surface area contributed by atoms with Crippen LogP contribution in [-0.2, 0) is 0 Å². The van der Waals surface area contributed by atoms with E-state index in [-0.39, 0.29) is 0 Å². The van der Waals surface area contributed by atoms with Crippen LogP contribution in [0.3, 0.4) is 0 Å². The van der Waals surface area contributed by atoms with Crippen LogP contribution in [0.4, 0.5) is 17.1 Å². The average Bonchev–Trinajstić information content (AvgIpc) is 3.96. The maximum absolute atomic E-state index is 6.55. The molecule has 10 aromatic rings. The number of thiophene rings is 1. The molecule has 2 heterocycles. The third kappa shape index (κ3) is 9.70. The summed E-state index contributed by atoms with van der Waals surface area (Å²) in [4.78, 5) is 2.39. The molecular weight excluding hydrogens is 831 g/mol. The lowest BCUT2D eigenvalue weighted by Gasteiger charge is -2.27. The number of nitrogens with zero attached hydrogens (tertiary/aromatic N) is 1. The second kappa shape index (κ2) is 20.8. The van der Waals surface area contributed by atoms with E-state index in [2.05, 4.69) is 270 Å². The monoisotopic (exact) mass is 867 g/mol. The normalized spacial score (nSPS) is 9.70. The van der Waals surface area contributed by atoms with Gasteiger partial charge in [-0.05, 0) is 161 Å². The number of anilines is 3. The topological polar surface area (TPSA) is 16.4 Å². The van der Waals surface area contributed by atoms with Crippen LogP contribution >= 0.6 is 11.3 Å². The van der Waals surface area contributed by atoms with E-state index in [4.69, 9.17) is 4.42 Å². The Labute approximate surface area is 395 Å². The van der Waals surface area contributed by atoms with Crippen molar-refractivity contribution in [1.29, 1.82) is 0 Å². The van der Waals surface area contributed by atoms with Gasteiger partial charge in [0.15, 0.2) is 0 Å². The molecular formula is C64H37NOS. The van der Waals surface area contributed by atoms with Crippen LogP contribution in [0.5, 0.6) is 0 Å². The number of hydrogen-bond donors (Lipinski definition) is 0. The van der Waals surface area contributed by atoms with Crippen molar-refractivity contribution in [3.05, 3.63) is 188 Å². The number of para-hydroxylation sites is 2. The van der Waals surface area contributed by atoms with Crippen molar-refractivity contribution in [3.63, 3.8) is 0 Å². The minimum atomic E-state index is 0.902. The summed E-state index contributed by atoms with van der Waals surface area (Å²) in [5.41, 5.74) is 12.0. The molecule has 0 N–H and O–H groups in total. The summed E-state index contributed by atoms with van der Waals surface area (Å²) in [6, 6.07) is 67.4. The molecule has 0 radical (unpaired) electrons. The van der Waals surface area contributed by atoms with Gasteiger partial charge in [0.25, 0.3) is 0 Å². The zero-order valence-corrected chi connectivity index (χ0v) is 37.5. The van der Waals surface area contributed by atoms with Gasteiger partial charge in [0.1, 0.15) is 11.2 Å². The van der Waals surface area contributed by atoms with Gasteiger partial charge in [0, 0.05) is 53.6 Å². The van der Waals surface area contributed by atoms with E-state index in [1.165, 1.54) is 31.3 Å². The Morgan fingerprint density at radius 3 is 1.52 bits per heavy atom. The van der Waals surface area contributed by atoms with Crippen LogP contribution < -0.4 is 4.90 Å². The Kier molecular flexibility index (Phi) is 13.3. The van der Waals surface area contributed by atoms with Gasteiger partial charge in [-0.15, -0.1) is 11.3 Å². The second-order valence-corrected chi connectivity index (χ2v) is 16.0. The van der Waals surface area contributed by atoms with E-state index < -0.39 is 0 Å². The van der Waals surface area contributed by atoms with Crippen molar-refractivity contribution >= 4 is 70.5 Å². The van der Waals surface area contributed by atoms with Crippen LogP contribution in [0.15, 0.2) is 192 Å². The molecule has 0 saturated carbocycles. The van der Waals surface area contributed by atoms with Crippen LogP contribution in [0, 0.1) is 82.9 Å². The van der Waals surface area contributed by atoms with Crippen molar-refractivity contribution in [2.45, 2.75) is 13.8 Å². The van der Waals surface area contributed by atoms with Crippen LogP contribution in [0.25, 0.3) is 75.5 Å². The average molecular weight is 868 g/mol. The van der Waals surface area contributed by atoms with Gasteiger partial charge in [-0.1, -0.05) is 151 Å². The summed E-state index contributed by atoms with van der Waals surface area (Å²) in [6.45, 7) is 3.42.